The van der Waals surface area contributed by atoms with E-state index in [4.69, 9.17) is 5.84 Å². The van der Waals surface area contributed by atoms with Crippen molar-refractivity contribution in [3.63, 3.8) is 0 Å². The lowest BCUT2D eigenvalue weighted by Crippen LogP contribution is -2.27. The largest absolute Gasteiger partial charge is 0.271 e. The summed E-state index contributed by atoms with van der Waals surface area (Å²) in [6, 6.07) is 13.3. The molecule has 3 heteroatoms. The van der Waals surface area contributed by atoms with Crippen molar-refractivity contribution in [2.24, 2.45) is 5.84 Å². The van der Waals surface area contributed by atoms with Crippen LogP contribution in [0.5, 0.6) is 0 Å². The Kier molecular flexibility index (Phi) is 4.51. The predicted molar refractivity (Wildman–Crippen MR) is 85.8 cm³/mol. The van der Waals surface area contributed by atoms with Gasteiger partial charge >= 0.3 is 0 Å². The lowest BCUT2D eigenvalue weighted by molar-refractivity contribution is 0.524. The van der Waals surface area contributed by atoms with Crippen LogP contribution in [0, 0.1) is 0 Å². The van der Waals surface area contributed by atoms with Crippen molar-refractivity contribution in [3.8, 4) is 0 Å². The van der Waals surface area contributed by atoms with Gasteiger partial charge in [0, 0.05) is 9.75 Å². The summed E-state index contributed by atoms with van der Waals surface area (Å²) in [7, 11) is 0. The van der Waals surface area contributed by atoms with E-state index in [9.17, 15) is 0 Å². The molecule has 0 saturated carbocycles. The van der Waals surface area contributed by atoms with E-state index in [1.165, 1.54) is 36.1 Å². The van der Waals surface area contributed by atoms with Crippen molar-refractivity contribution in [1.82, 2.24) is 5.43 Å². The van der Waals surface area contributed by atoms with Gasteiger partial charge in [-0.05, 0) is 55.7 Å². The first-order valence-electron chi connectivity index (χ1n) is 7.48. The second-order valence-corrected chi connectivity index (χ2v) is 6.72. The van der Waals surface area contributed by atoms with Gasteiger partial charge in [0.2, 0.25) is 0 Å². The Balaban J connectivity index is 1.68. The lowest BCUT2D eigenvalue weighted by atomic mass is 9.98. The number of hydrazine groups is 1. The molecule has 1 atom stereocenters. The van der Waals surface area contributed by atoms with Crippen LogP contribution >= 0.6 is 11.3 Å². The van der Waals surface area contributed by atoms with Crippen molar-refractivity contribution in [2.75, 3.05) is 0 Å². The average Bonchev–Trinajstić information content (AvgIpc) is 2.92. The van der Waals surface area contributed by atoms with Crippen LogP contribution in [0.2, 0.25) is 0 Å². The molecule has 1 heterocycles. The molecule has 2 nitrogen and oxygen atoms in total. The fraction of sp³-hybridized carbons (Fsp3) is 0.412. The molecule has 3 N–H and O–H groups in total. The first kappa shape index (κ1) is 13.8. The normalized spacial score (nSPS) is 15.8. The Bertz CT molecular complexity index is 524. The molecule has 0 aliphatic heterocycles. The molecule has 0 spiro atoms. The molecule has 1 aliphatic rings. The molecule has 1 unspecified atom stereocenters. The smallest absolute Gasteiger partial charge is 0.0556 e. The van der Waals surface area contributed by atoms with Crippen LogP contribution in [0.3, 0.4) is 0 Å². The van der Waals surface area contributed by atoms with Crippen molar-refractivity contribution < 1.29 is 0 Å². The molecule has 2 aromatic rings. The highest BCUT2D eigenvalue weighted by atomic mass is 32.1. The SMILES string of the molecule is NNC(CCc1ccccc1)c1cc2c(s1)CCCC2. The van der Waals surface area contributed by atoms with Gasteiger partial charge in [-0.3, -0.25) is 11.3 Å². The van der Waals surface area contributed by atoms with Crippen LogP contribution < -0.4 is 11.3 Å². The van der Waals surface area contributed by atoms with Crippen LogP contribution in [0.1, 0.15) is 46.2 Å². The third kappa shape index (κ3) is 3.11. The minimum absolute atomic E-state index is 0.283. The Labute approximate surface area is 125 Å². The number of thiophene rings is 1. The molecule has 0 saturated heterocycles. The van der Waals surface area contributed by atoms with Crippen LogP contribution in [0.4, 0.5) is 0 Å². The molecule has 3 rings (SSSR count). The van der Waals surface area contributed by atoms with E-state index < -0.39 is 0 Å². The summed E-state index contributed by atoms with van der Waals surface area (Å²) >= 11 is 1.96. The van der Waals surface area contributed by atoms with E-state index in [0.717, 1.165) is 12.8 Å². The maximum Gasteiger partial charge on any atom is 0.0556 e. The first-order chi connectivity index (χ1) is 9.86. The van der Waals surface area contributed by atoms with Crippen LogP contribution in [0.15, 0.2) is 36.4 Å². The second kappa shape index (κ2) is 6.53. The summed E-state index contributed by atoms with van der Waals surface area (Å²) in [5.41, 5.74) is 5.96. The minimum Gasteiger partial charge on any atom is -0.271 e. The Morgan fingerprint density at radius 3 is 2.70 bits per heavy atom. The molecule has 106 valence electrons. The van der Waals surface area contributed by atoms with Crippen molar-refractivity contribution >= 4 is 11.3 Å². The average molecular weight is 286 g/mol. The standard InChI is InChI=1S/C17H22N2S/c18-19-15(11-10-13-6-2-1-3-7-13)17-12-14-8-4-5-9-16(14)20-17/h1-3,6-7,12,15,19H,4-5,8-11,18H2. The van der Waals surface area contributed by atoms with Gasteiger partial charge in [0.25, 0.3) is 0 Å². The van der Waals surface area contributed by atoms with Gasteiger partial charge in [0.1, 0.15) is 0 Å². The van der Waals surface area contributed by atoms with Gasteiger partial charge in [0.15, 0.2) is 0 Å². The number of hydrogen-bond donors (Lipinski definition) is 2. The zero-order valence-corrected chi connectivity index (χ0v) is 12.6. The fourth-order valence-electron chi connectivity index (χ4n) is 2.95. The summed E-state index contributed by atoms with van der Waals surface area (Å²) in [5.74, 6) is 5.78. The number of benzene rings is 1. The maximum absolute atomic E-state index is 5.78. The highest BCUT2D eigenvalue weighted by molar-refractivity contribution is 7.12. The van der Waals surface area contributed by atoms with E-state index in [-0.39, 0.29) is 6.04 Å². The van der Waals surface area contributed by atoms with Gasteiger partial charge in [-0.2, -0.15) is 0 Å². The first-order valence-corrected chi connectivity index (χ1v) is 8.30. The van der Waals surface area contributed by atoms with Gasteiger partial charge in [-0.25, -0.2) is 0 Å². The minimum atomic E-state index is 0.283. The summed E-state index contributed by atoms with van der Waals surface area (Å²) in [5, 5.41) is 0. The van der Waals surface area contributed by atoms with Crippen molar-refractivity contribution in [3.05, 3.63) is 57.3 Å². The number of nitrogens with one attached hydrogen (secondary N) is 1. The van der Waals surface area contributed by atoms with E-state index >= 15 is 0 Å². The molecule has 0 fully saturated rings. The van der Waals surface area contributed by atoms with Crippen LogP contribution in [0.25, 0.3) is 0 Å². The second-order valence-electron chi connectivity index (χ2n) is 5.55. The monoisotopic (exact) mass is 286 g/mol. The predicted octanol–water partition coefficient (Wildman–Crippen LogP) is 3.76. The van der Waals surface area contributed by atoms with E-state index in [0.29, 0.717) is 0 Å². The van der Waals surface area contributed by atoms with Crippen LogP contribution in [-0.2, 0) is 19.3 Å². The molecular weight excluding hydrogens is 264 g/mol. The van der Waals surface area contributed by atoms with Crippen molar-refractivity contribution in [1.29, 1.82) is 0 Å². The third-order valence-corrected chi connectivity index (χ3v) is 5.48. The molecule has 1 aromatic carbocycles. The van der Waals surface area contributed by atoms with E-state index in [2.05, 4.69) is 41.8 Å². The number of hydrogen-bond acceptors (Lipinski definition) is 3. The third-order valence-electron chi connectivity index (χ3n) is 4.12. The Morgan fingerprint density at radius 2 is 1.95 bits per heavy atom. The maximum atomic E-state index is 5.78. The topological polar surface area (TPSA) is 38.0 Å². The lowest BCUT2D eigenvalue weighted by Gasteiger charge is -2.14. The molecule has 1 aromatic heterocycles. The summed E-state index contributed by atoms with van der Waals surface area (Å²) in [6.45, 7) is 0. The number of fused-ring (bicyclic) bond motifs is 1. The molecular formula is C17H22N2S. The molecule has 1 aliphatic carbocycles. The summed E-state index contributed by atoms with van der Waals surface area (Å²) in [4.78, 5) is 3.00. The highest BCUT2D eigenvalue weighted by Gasteiger charge is 2.18. The van der Waals surface area contributed by atoms with E-state index in [1.807, 2.05) is 11.3 Å². The Morgan fingerprint density at radius 1 is 1.15 bits per heavy atom. The van der Waals surface area contributed by atoms with Crippen LogP contribution in [-0.4, -0.2) is 0 Å². The van der Waals surface area contributed by atoms with Gasteiger partial charge < -0.3 is 0 Å². The quantitative estimate of drug-likeness (QED) is 0.648. The van der Waals surface area contributed by atoms with Gasteiger partial charge in [0.05, 0.1) is 6.04 Å². The summed E-state index contributed by atoms with van der Waals surface area (Å²) in [6.07, 6.45) is 7.32. The molecule has 0 radical (unpaired) electrons. The highest BCUT2D eigenvalue weighted by Crippen LogP contribution is 2.34. The number of nitrogens with two attached hydrogens (primary N) is 1. The zero-order chi connectivity index (χ0) is 13.8. The fourth-order valence-corrected chi connectivity index (χ4v) is 4.30. The molecule has 0 amide bonds. The Hall–Kier alpha value is -1.16. The van der Waals surface area contributed by atoms with Gasteiger partial charge in [-0.15, -0.1) is 11.3 Å². The molecule has 0 bridgehead atoms. The van der Waals surface area contributed by atoms with Crippen molar-refractivity contribution in [2.45, 2.75) is 44.6 Å². The number of aryl methyl sites for hydroxylation is 3. The molecule has 20 heavy (non-hydrogen) atoms. The van der Waals surface area contributed by atoms with E-state index in [1.54, 1.807) is 10.4 Å². The summed E-state index contributed by atoms with van der Waals surface area (Å²) < 4.78 is 0. The zero-order valence-electron chi connectivity index (χ0n) is 11.8. The van der Waals surface area contributed by atoms with Gasteiger partial charge in [-0.1, -0.05) is 30.3 Å². The number of rotatable bonds is 5.